The standard InChI is InChI=1S/C36H27ClSi/c37-38(34-22-10-19-31(25-34)28-13-4-1-5-14-28,35-23-11-20-32(26-35)29-15-6-2-7-16-29)36-24-12-21-33(27-36)30-17-8-3-9-18-30/h1-27H. The minimum Gasteiger partial charge on any atom is -0.149 e. The van der Waals surface area contributed by atoms with Crippen molar-refractivity contribution in [3.05, 3.63) is 164 Å². The quantitative estimate of drug-likeness (QED) is 0.118. The van der Waals surface area contributed by atoms with Crippen molar-refractivity contribution in [2.75, 3.05) is 0 Å². The highest BCUT2D eigenvalue weighted by Crippen LogP contribution is 2.25. The molecule has 0 bridgehead atoms. The fraction of sp³-hybridized carbons (Fsp3) is 0. The maximum Gasteiger partial charge on any atom is 0.248 e. The molecule has 38 heavy (non-hydrogen) atoms. The molecule has 0 aliphatic rings. The summed E-state index contributed by atoms with van der Waals surface area (Å²) in [7, 11) is -2.90. The van der Waals surface area contributed by atoms with E-state index in [-0.39, 0.29) is 0 Å². The van der Waals surface area contributed by atoms with Crippen LogP contribution in [0.5, 0.6) is 0 Å². The molecule has 0 aliphatic heterocycles. The average molecular weight is 523 g/mol. The van der Waals surface area contributed by atoms with E-state index in [9.17, 15) is 0 Å². The zero-order valence-electron chi connectivity index (χ0n) is 21.0. The second kappa shape index (κ2) is 10.7. The molecular formula is C36H27ClSi. The Kier molecular flexibility index (Phi) is 6.79. The largest absolute Gasteiger partial charge is 0.248 e. The van der Waals surface area contributed by atoms with Gasteiger partial charge in [-0.2, -0.15) is 0 Å². The molecule has 2 heteroatoms. The summed E-state index contributed by atoms with van der Waals surface area (Å²) in [6, 6.07) is 58.0. The lowest BCUT2D eigenvalue weighted by Gasteiger charge is -2.28. The summed E-state index contributed by atoms with van der Waals surface area (Å²) in [5, 5.41) is 3.53. The van der Waals surface area contributed by atoms with Crippen molar-refractivity contribution in [3.63, 3.8) is 0 Å². The number of rotatable bonds is 6. The molecule has 0 radical (unpaired) electrons. The second-order valence-electron chi connectivity index (χ2n) is 9.50. The maximum absolute atomic E-state index is 8.03. The molecule has 0 spiro atoms. The third kappa shape index (κ3) is 4.75. The Labute approximate surface area is 230 Å². The van der Waals surface area contributed by atoms with Crippen LogP contribution in [0.1, 0.15) is 0 Å². The predicted octanol–water partition coefficient (Wildman–Crippen LogP) is 7.89. The van der Waals surface area contributed by atoms with Crippen molar-refractivity contribution in [3.8, 4) is 33.4 Å². The highest BCUT2D eigenvalue weighted by Gasteiger charge is 2.38. The minimum absolute atomic E-state index is 1.18. The molecule has 0 atom stereocenters. The van der Waals surface area contributed by atoms with Crippen LogP contribution >= 0.6 is 11.1 Å². The first kappa shape index (κ1) is 24.2. The first-order valence-corrected chi connectivity index (χ1v) is 15.9. The molecule has 0 N–H and O–H groups in total. The number of benzene rings is 6. The molecule has 0 amide bonds. The van der Waals surface area contributed by atoms with E-state index in [0.29, 0.717) is 0 Å². The van der Waals surface area contributed by atoms with Crippen molar-refractivity contribution in [1.82, 2.24) is 0 Å². The molecule has 0 fully saturated rings. The maximum atomic E-state index is 8.03. The van der Waals surface area contributed by atoms with Gasteiger partial charge in [-0.1, -0.05) is 164 Å². The molecule has 6 aromatic rings. The van der Waals surface area contributed by atoms with E-state index in [1.165, 1.54) is 48.9 Å². The Hall–Kier alpha value is -4.17. The summed E-state index contributed by atoms with van der Waals surface area (Å²) in [5.74, 6) is 0. The molecule has 6 rings (SSSR count). The first-order valence-electron chi connectivity index (χ1n) is 12.9. The molecule has 0 aromatic heterocycles. The van der Waals surface area contributed by atoms with Crippen molar-refractivity contribution < 1.29 is 0 Å². The molecule has 0 heterocycles. The molecular weight excluding hydrogens is 496 g/mol. The van der Waals surface area contributed by atoms with Crippen LogP contribution in [0.15, 0.2) is 164 Å². The van der Waals surface area contributed by atoms with E-state index >= 15 is 0 Å². The van der Waals surface area contributed by atoms with Crippen LogP contribution in [0.4, 0.5) is 0 Å². The second-order valence-corrected chi connectivity index (χ2v) is 14.2. The monoisotopic (exact) mass is 522 g/mol. The van der Waals surface area contributed by atoms with Gasteiger partial charge >= 0.3 is 0 Å². The SMILES string of the molecule is Cl[Si](c1cccc(-c2ccccc2)c1)(c1cccc(-c2ccccc2)c1)c1cccc(-c2ccccc2)c1. The Morgan fingerprint density at radius 2 is 0.553 bits per heavy atom. The van der Waals surface area contributed by atoms with Crippen LogP contribution in [-0.4, -0.2) is 7.38 Å². The average Bonchev–Trinajstić information content (AvgIpc) is 3.02. The molecule has 0 aliphatic carbocycles. The zero-order valence-corrected chi connectivity index (χ0v) is 22.7. The smallest absolute Gasteiger partial charge is 0.149 e. The summed E-state index contributed by atoms with van der Waals surface area (Å²) >= 11 is 8.03. The molecule has 0 unspecified atom stereocenters. The van der Waals surface area contributed by atoms with Gasteiger partial charge in [0.25, 0.3) is 0 Å². The lowest BCUT2D eigenvalue weighted by atomic mass is 10.1. The lowest BCUT2D eigenvalue weighted by Crippen LogP contribution is -2.63. The van der Waals surface area contributed by atoms with Crippen LogP contribution in [0.3, 0.4) is 0 Å². The highest BCUT2D eigenvalue weighted by molar-refractivity contribution is 7.40. The fourth-order valence-corrected chi connectivity index (χ4v) is 9.23. The van der Waals surface area contributed by atoms with Crippen LogP contribution in [0, 0.1) is 0 Å². The summed E-state index contributed by atoms with van der Waals surface area (Å²) in [4.78, 5) is 0. The molecule has 0 nitrogen and oxygen atoms in total. The summed E-state index contributed by atoms with van der Waals surface area (Å²) in [5.41, 5.74) is 7.12. The van der Waals surface area contributed by atoms with Crippen LogP contribution in [-0.2, 0) is 0 Å². The third-order valence-corrected chi connectivity index (χ3v) is 12.4. The van der Waals surface area contributed by atoms with Gasteiger partial charge < -0.3 is 0 Å². The van der Waals surface area contributed by atoms with Crippen molar-refractivity contribution in [1.29, 1.82) is 0 Å². The van der Waals surface area contributed by atoms with Gasteiger partial charge in [-0.05, 0) is 48.9 Å². The van der Waals surface area contributed by atoms with E-state index in [2.05, 4.69) is 164 Å². The van der Waals surface area contributed by atoms with Gasteiger partial charge in [0.1, 0.15) is 0 Å². The van der Waals surface area contributed by atoms with Gasteiger partial charge in [-0.15, -0.1) is 11.1 Å². The Morgan fingerprint density at radius 3 is 0.842 bits per heavy atom. The molecule has 0 saturated heterocycles. The van der Waals surface area contributed by atoms with E-state index in [4.69, 9.17) is 11.1 Å². The van der Waals surface area contributed by atoms with Crippen molar-refractivity contribution >= 4 is 34.0 Å². The van der Waals surface area contributed by atoms with Gasteiger partial charge in [0.15, 0.2) is 0 Å². The van der Waals surface area contributed by atoms with Gasteiger partial charge in [0.05, 0.1) is 0 Å². The molecule has 0 saturated carbocycles. The van der Waals surface area contributed by atoms with E-state index in [1.54, 1.807) is 0 Å². The van der Waals surface area contributed by atoms with Crippen LogP contribution in [0.25, 0.3) is 33.4 Å². The van der Waals surface area contributed by atoms with Crippen LogP contribution < -0.4 is 15.6 Å². The predicted molar refractivity (Wildman–Crippen MR) is 166 cm³/mol. The lowest BCUT2D eigenvalue weighted by molar-refractivity contribution is 1.61. The number of halogens is 1. The zero-order chi connectivity index (χ0) is 25.8. The van der Waals surface area contributed by atoms with Gasteiger partial charge in [-0.25, -0.2) is 0 Å². The molecule has 182 valence electrons. The van der Waals surface area contributed by atoms with Crippen LogP contribution in [0.2, 0.25) is 0 Å². The summed E-state index contributed by atoms with van der Waals surface area (Å²) in [6.07, 6.45) is 0. The normalized spacial score (nSPS) is 11.3. The van der Waals surface area contributed by atoms with Gasteiger partial charge in [0.2, 0.25) is 7.38 Å². The third-order valence-electron chi connectivity index (χ3n) is 7.10. The topological polar surface area (TPSA) is 0 Å². The number of hydrogen-bond acceptors (Lipinski definition) is 0. The summed E-state index contributed by atoms with van der Waals surface area (Å²) < 4.78 is 0. The number of hydrogen-bond donors (Lipinski definition) is 0. The van der Waals surface area contributed by atoms with Crippen molar-refractivity contribution in [2.24, 2.45) is 0 Å². The fourth-order valence-electron chi connectivity index (χ4n) is 5.13. The van der Waals surface area contributed by atoms with Gasteiger partial charge in [0, 0.05) is 0 Å². The van der Waals surface area contributed by atoms with E-state index in [0.717, 1.165) is 0 Å². The Morgan fingerprint density at radius 1 is 0.289 bits per heavy atom. The Bertz CT molecular complexity index is 1460. The highest BCUT2D eigenvalue weighted by atomic mass is 35.6. The molecule has 6 aromatic carbocycles. The van der Waals surface area contributed by atoms with Crippen molar-refractivity contribution in [2.45, 2.75) is 0 Å². The summed E-state index contributed by atoms with van der Waals surface area (Å²) in [6.45, 7) is 0. The first-order chi connectivity index (χ1) is 18.7. The van der Waals surface area contributed by atoms with E-state index < -0.39 is 7.38 Å². The van der Waals surface area contributed by atoms with Gasteiger partial charge in [-0.3, -0.25) is 0 Å². The van der Waals surface area contributed by atoms with E-state index in [1.807, 2.05) is 0 Å². The Balaban J connectivity index is 1.56. The minimum atomic E-state index is -2.90.